The lowest BCUT2D eigenvalue weighted by molar-refractivity contribution is -0.133. The Hall–Kier alpha value is -1.98. The number of amides is 2. The highest BCUT2D eigenvalue weighted by atomic mass is 16.2. The molecule has 4 aliphatic carbocycles. The van der Waals surface area contributed by atoms with E-state index in [9.17, 15) is 9.59 Å². The molecule has 1 N–H and O–H groups in total. The molecule has 186 valence electrons. The van der Waals surface area contributed by atoms with E-state index in [4.69, 9.17) is 0 Å². The molecule has 0 saturated heterocycles. The Balaban J connectivity index is 1.20. The van der Waals surface area contributed by atoms with Gasteiger partial charge in [0, 0.05) is 24.9 Å². The molecule has 2 heterocycles. The van der Waals surface area contributed by atoms with E-state index < -0.39 is 0 Å². The monoisotopic (exact) mass is 466 g/mol. The number of aromatic nitrogens is 2. The third-order valence-electron chi connectivity index (χ3n) is 8.80. The molecule has 1 aromatic rings. The first-order valence-corrected chi connectivity index (χ1v) is 13.5. The Bertz CT molecular complexity index is 915. The highest BCUT2D eigenvalue weighted by Gasteiger charge is 2.51. The van der Waals surface area contributed by atoms with E-state index in [1.807, 2.05) is 4.90 Å². The molecular formula is C28H42N4O2. The molecule has 0 radical (unpaired) electrons. The van der Waals surface area contributed by atoms with E-state index in [1.54, 1.807) is 0 Å². The van der Waals surface area contributed by atoms with E-state index in [1.165, 1.54) is 44.9 Å². The highest BCUT2D eigenvalue weighted by Crippen LogP contribution is 2.61. The van der Waals surface area contributed by atoms with Crippen LogP contribution in [0.25, 0.3) is 0 Å². The maximum Gasteiger partial charge on any atom is 0.226 e. The third-order valence-corrected chi connectivity index (χ3v) is 8.80. The first-order valence-electron chi connectivity index (χ1n) is 13.5. The molecule has 6 rings (SSSR count). The van der Waals surface area contributed by atoms with Gasteiger partial charge in [-0.3, -0.25) is 9.59 Å². The molecule has 1 unspecified atom stereocenters. The summed E-state index contributed by atoms with van der Waals surface area (Å²) < 4.78 is 0. The first kappa shape index (κ1) is 23.7. The van der Waals surface area contributed by atoms with Crippen LogP contribution in [0.2, 0.25) is 0 Å². The molecule has 0 spiro atoms. The molecule has 4 saturated carbocycles. The van der Waals surface area contributed by atoms with E-state index in [-0.39, 0.29) is 22.6 Å². The fourth-order valence-electron chi connectivity index (χ4n) is 8.24. The third kappa shape index (κ3) is 5.16. The number of hydrogen-bond donors (Lipinski definition) is 1. The van der Waals surface area contributed by atoms with Crippen molar-refractivity contribution in [2.45, 2.75) is 98.4 Å². The van der Waals surface area contributed by atoms with E-state index in [0.717, 1.165) is 35.4 Å². The molecule has 0 aromatic carbocycles. The van der Waals surface area contributed by atoms with Crippen LogP contribution in [-0.2, 0) is 22.6 Å². The largest absolute Gasteiger partial charge is 0.336 e. The summed E-state index contributed by atoms with van der Waals surface area (Å²) in [7, 11) is 0. The average Bonchev–Trinajstić information content (AvgIpc) is 2.70. The van der Waals surface area contributed by atoms with Crippen LogP contribution in [0.15, 0.2) is 6.33 Å². The normalized spacial score (nSPS) is 30.7. The summed E-state index contributed by atoms with van der Waals surface area (Å²) in [5.41, 5.74) is 2.33. The van der Waals surface area contributed by atoms with Gasteiger partial charge in [0.25, 0.3) is 0 Å². The number of anilines is 1. The van der Waals surface area contributed by atoms with Crippen molar-refractivity contribution in [2.24, 2.45) is 34.5 Å². The summed E-state index contributed by atoms with van der Waals surface area (Å²) in [5.74, 6) is 3.87. The second-order valence-electron chi connectivity index (χ2n) is 13.4. The summed E-state index contributed by atoms with van der Waals surface area (Å²) in [6, 6.07) is 0. The van der Waals surface area contributed by atoms with Crippen molar-refractivity contribution in [3.05, 3.63) is 17.6 Å². The van der Waals surface area contributed by atoms with Crippen LogP contribution >= 0.6 is 0 Å². The smallest absolute Gasteiger partial charge is 0.226 e. The zero-order valence-electron chi connectivity index (χ0n) is 21.5. The molecule has 2 amide bonds. The molecule has 34 heavy (non-hydrogen) atoms. The van der Waals surface area contributed by atoms with Crippen LogP contribution in [-0.4, -0.2) is 33.2 Å². The zero-order valence-corrected chi connectivity index (χ0v) is 21.5. The minimum absolute atomic E-state index is 0.109. The van der Waals surface area contributed by atoms with Gasteiger partial charge in [0.15, 0.2) is 0 Å². The van der Waals surface area contributed by atoms with Gasteiger partial charge < -0.3 is 10.2 Å². The second-order valence-corrected chi connectivity index (χ2v) is 13.4. The molecule has 1 aliphatic heterocycles. The van der Waals surface area contributed by atoms with Gasteiger partial charge >= 0.3 is 0 Å². The van der Waals surface area contributed by atoms with Crippen molar-refractivity contribution in [1.29, 1.82) is 0 Å². The predicted molar refractivity (Wildman–Crippen MR) is 133 cm³/mol. The van der Waals surface area contributed by atoms with Crippen molar-refractivity contribution < 1.29 is 9.59 Å². The fraction of sp³-hybridized carbons (Fsp3) is 0.786. The molecule has 5 aliphatic rings. The maximum atomic E-state index is 13.2. The van der Waals surface area contributed by atoms with Crippen molar-refractivity contribution in [1.82, 2.24) is 14.9 Å². The van der Waals surface area contributed by atoms with Crippen molar-refractivity contribution in [3.8, 4) is 0 Å². The summed E-state index contributed by atoms with van der Waals surface area (Å²) in [4.78, 5) is 36.9. The standard InChI is InChI=1S/C28H42N4O2/c1-18(11-27(2,3)4)7-25(34)32-6-5-22-23(16-32)29-17-30-26(22)31-24(33)15-28-12-19-8-20(13-28)10-21(9-19)14-28/h17-21H,5-16H2,1-4H3,(H,29,30,31,33). The van der Waals surface area contributed by atoms with Crippen LogP contribution in [0, 0.1) is 34.5 Å². The van der Waals surface area contributed by atoms with Gasteiger partial charge in [-0.05, 0) is 85.9 Å². The summed E-state index contributed by atoms with van der Waals surface area (Å²) >= 11 is 0. The molecule has 4 fully saturated rings. The Labute approximate surface area is 204 Å². The summed E-state index contributed by atoms with van der Waals surface area (Å²) in [6.45, 7) is 10.0. The summed E-state index contributed by atoms with van der Waals surface area (Å²) in [5, 5.41) is 3.15. The van der Waals surface area contributed by atoms with Crippen molar-refractivity contribution >= 4 is 17.6 Å². The topological polar surface area (TPSA) is 75.2 Å². The molecular weight excluding hydrogens is 424 g/mol. The Morgan fingerprint density at radius 1 is 1.12 bits per heavy atom. The van der Waals surface area contributed by atoms with Crippen molar-refractivity contribution in [2.75, 3.05) is 11.9 Å². The SMILES string of the molecule is CC(CC(=O)N1CCc2c(ncnc2NC(=O)CC23CC4CC(CC(C4)C2)C3)C1)CC(C)(C)C. The number of carbonyl (C=O) groups is 2. The number of hydrogen-bond acceptors (Lipinski definition) is 4. The van der Waals surface area contributed by atoms with Crippen LogP contribution in [0.3, 0.4) is 0 Å². The molecule has 6 nitrogen and oxygen atoms in total. The quantitative estimate of drug-likeness (QED) is 0.612. The van der Waals surface area contributed by atoms with Gasteiger partial charge in [-0.25, -0.2) is 9.97 Å². The number of rotatable bonds is 6. The van der Waals surface area contributed by atoms with Gasteiger partial charge in [-0.1, -0.05) is 27.7 Å². The van der Waals surface area contributed by atoms with Gasteiger partial charge in [0.2, 0.25) is 11.8 Å². The number of nitrogens with zero attached hydrogens (tertiary/aromatic N) is 3. The maximum absolute atomic E-state index is 13.2. The number of nitrogens with one attached hydrogen (secondary N) is 1. The first-order chi connectivity index (χ1) is 16.1. The Morgan fingerprint density at radius 2 is 1.76 bits per heavy atom. The molecule has 4 bridgehead atoms. The summed E-state index contributed by atoms with van der Waals surface area (Å²) in [6.07, 6.45) is 12.4. The Morgan fingerprint density at radius 3 is 2.38 bits per heavy atom. The minimum Gasteiger partial charge on any atom is -0.336 e. The average molecular weight is 467 g/mol. The Kier molecular flexibility index (Phi) is 6.22. The van der Waals surface area contributed by atoms with E-state index in [2.05, 4.69) is 43.0 Å². The lowest BCUT2D eigenvalue weighted by Gasteiger charge is -2.56. The molecule has 1 atom stereocenters. The molecule has 6 heteroatoms. The van der Waals surface area contributed by atoms with Crippen LogP contribution in [0.5, 0.6) is 0 Å². The van der Waals surface area contributed by atoms with Crippen LogP contribution in [0.4, 0.5) is 5.82 Å². The van der Waals surface area contributed by atoms with Gasteiger partial charge in [-0.2, -0.15) is 0 Å². The predicted octanol–water partition coefficient (Wildman–Crippen LogP) is 5.37. The molecule has 1 aromatic heterocycles. The van der Waals surface area contributed by atoms with Crippen LogP contribution in [0.1, 0.15) is 96.7 Å². The van der Waals surface area contributed by atoms with Crippen LogP contribution < -0.4 is 5.32 Å². The number of carbonyl (C=O) groups excluding carboxylic acids is 2. The zero-order chi connectivity index (χ0) is 24.1. The van der Waals surface area contributed by atoms with Gasteiger partial charge in [-0.15, -0.1) is 0 Å². The highest BCUT2D eigenvalue weighted by molar-refractivity contribution is 5.91. The van der Waals surface area contributed by atoms with Gasteiger partial charge in [0.1, 0.15) is 12.1 Å². The lowest BCUT2D eigenvalue weighted by Crippen LogP contribution is -2.47. The van der Waals surface area contributed by atoms with Crippen molar-refractivity contribution in [3.63, 3.8) is 0 Å². The van der Waals surface area contributed by atoms with Gasteiger partial charge in [0.05, 0.1) is 12.2 Å². The fourth-order valence-corrected chi connectivity index (χ4v) is 8.24. The lowest BCUT2D eigenvalue weighted by atomic mass is 9.49. The minimum atomic E-state index is 0.109. The van der Waals surface area contributed by atoms with E-state index in [0.29, 0.717) is 44.1 Å². The number of fused-ring (bicyclic) bond motifs is 1. The van der Waals surface area contributed by atoms with E-state index >= 15 is 0 Å². The second kappa shape index (κ2) is 8.91.